The summed E-state index contributed by atoms with van der Waals surface area (Å²) in [5.74, 6) is 0. The molecule has 0 spiro atoms. The van der Waals surface area contributed by atoms with Crippen molar-refractivity contribution in [1.82, 2.24) is 4.57 Å². The van der Waals surface area contributed by atoms with Crippen molar-refractivity contribution in [2.45, 2.75) is 6.54 Å². The number of benzene rings is 2. The van der Waals surface area contributed by atoms with Gasteiger partial charge in [0, 0.05) is 59.7 Å². The molecule has 0 radical (unpaired) electrons. The first-order valence-corrected chi connectivity index (χ1v) is 13.0. The van der Waals surface area contributed by atoms with Crippen molar-refractivity contribution in [3.63, 3.8) is 0 Å². The van der Waals surface area contributed by atoms with Crippen LogP contribution in [0.15, 0.2) is 85.5 Å². The smallest absolute Gasteiger partial charge is 0.169 e. The predicted molar refractivity (Wildman–Crippen MR) is 155 cm³/mol. The van der Waals surface area contributed by atoms with Gasteiger partial charge in [-0.15, -0.1) is 0 Å². The minimum atomic E-state index is 0.604. The van der Waals surface area contributed by atoms with E-state index in [9.17, 15) is 0 Å². The number of rotatable bonds is 10. The highest BCUT2D eigenvalue weighted by Crippen LogP contribution is 2.31. The zero-order valence-corrected chi connectivity index (χ0v) is 22.4. The number of hydrogen-bond donors (Lipinski definition) is 0. The largest absolute Gasteiger partial charge is 0.382 e. The van der Waals surface area contributed by atoms with Crippen molar-refractivity contribution in [1.29, 1.82) is 0 Å². The van der Waals surface area contributed by atoms with E-state index in [-0.39, 0.29) is 0 Å². The topological polar surface area (TPSA) is 31.1 Å². The molecule has 0 aliphatic rings. The van der Waals surface area contributed by atoms with E-state index in [1.807, 2.05) is 23.2 Å². The fourth-order valence-corrected chi connectivity index (χ4v) is 4.62. The average molecular weight is 506 g/mol. The van der Waals surface area contributed by atoms with Crippen molar-refractivity contribution in [2.75, 3.05) is 26.9 Å². The SMILES string of the molecule is COCCOCCn1c2ccc(/C=C/c3cc[n+](C)cc3)cc2c2cc(/C=C/c3cc[n+](C)cc3)ccc21. The Hall–Kier alpha value is -4.06. The Balaban J connectivity index is 1.50. The van der Waals surface area contributed by atoms with Gasteiger partial charge in [-0.05, 0) is 46.5 Å². The van der Waals surface area contributed by atoms with Gasteiger partial charge in [0.25, 0.3) is 0 Å². The van der Waals surface area contributed by atoms with Crippen LogP contribution < -0.4 is 9.13 Å². The third-order valence-corrected chi connectivity index (χ3v) is 6.75. The van der Waals surface area contributed by atoms with E-state index in [1.54, 1.807) is 7.11 Å². The molecule has 0 N–H and O–H groups in total. The van der Waals surface area contributed by atoms with Crippen LogP contribution in [0.4, 0.5) is 0 Å². The fraction of sp³-hybridized carbons (Fsp3) is 0.212. The predicted octanol–water partition coefficient (Wildman–Crippen LogP) is 5.45. The number of aromatic nitrogens is 3. The normalized spacial score (nSPS) is 12.0. The first-order valence-electron chi connectivity index (χ1n) is 13.0. The van der Waals surface area contributed by atoms with E-state index in [0.29, 0.717) is 19.8 Å². The Bertz CT molecular complexity index is 1470. The fourth-order valence-electron chi connectivity index (χ4n) is 4.62. The lowest BCUT2D eigenvalue weighted by molar-refractivity contribution is -0.671. The summed E-state index contributed by atoms with van der Waals surface area (Å²) in [5.41, 5.74) is 7.16. The summed E-state index contributed by atoms with van der Waals surface area (Å²) in [5, 5.41) is 2.50. The molecule has 3 heterocycles. The molecule has 5 heteroatoms. The molecule has 0 atom stereocenters. The summed E-state index contributed by atoms with van der Waals surface area (Å²) in [6.07, 6.45) is 17.0. The van der Waals surface area contributed by atoms with Gasteiger partial charge < -0.3 is 14.0 Å². The van der Waals surface area contributed by atoms with E-state index in [2.05, 4.69) is 114 Å². The lowest BCUT2D eigenvalue weighted by Crippen LogP contribution is -2.25. The molecule has 2 aromatic carbocycles. The van der Waals surface area contributed by atoms with Crippen LogP contribution in [0.3, 0.4) is 0 Å². The summed E-state index contributed by atoms with van der Waals surface area (Å²) in [6, 6.07) is 21.9. The molecule has 0 aliphatic carbocycles. The second kappa shape index (κ2) is 12.0. The molecule has 0 fully saturated rings. The van der Waals surface area contributed by atoms with Gasteiger partial charge in [-0.1, -0.05) is 36.4 Å². The first-order chi connectivity index (χ1) is 18.6. The number of hydrogen-bond acceptors (Lipinski definition) is 2. The average Bonchev–Trinajstić information content (AvgIpc) is 3.24. The minimum Gasteiger partial charge on any atom is -0.382 e. The Morgan fingerprint density at radius 2 is 1.08 bits per heavy atom. The number of nitrogens with zero attached hydrogens (tertiary/aromatic N) is 3. The van der Waals surface area contributed by atoms with Crippen LogP contribution in [-0.2, 0) is 30.1 Å². The molecule has 0 unspecified atom stereocenters. The Kier molecular flexibility index (Phi) is 8.07. The van der Waals surface area contributed by atoms with Crippen LogP contribution in [0, 0.1) is 0 Å². The molecule has 0 saturated heterocycles. The molecule has 192 valence electrons. The number of fused-ring (bicyclic) bond motifs is 3. The number of pyridine rings is 2. The van der Waals surface area contributed by atoms with Gasteiger partial charge in [-0.3, -0.25) is 0 Å². The van der Waals surface area contributed by atoms with Crippen LogP contribution in [0.5, 0.6) is 0 Å². The summed E-state index contributed by atoms with van der Waals surface area (Å²) in [6.45, 7) is 2.64. The minimum absolute atomic E-state index is 0.604. The summed E-state index contributed by atoms with van der Waals surface area (Å²) < 4.78 is 17.4. The molecule has 38 heavy (non-hydrogen) atoms. The standard InChI is InChI=1S/C33H35N3O2/c1-34-16-12-26(13-17-34)4-6-28-8-10-32-30(24-28)31-25-29(7-5-27-14-18-35(2)19-15-27)9-11-33(31)36(32)20-21-38-23-22-37-3/h4-19,24-25H,20-23H2,1-3H3/q+2. The van der Waals surface area contributed by atoms with Crippen molar-refractivity contribution in [3.05, 3.63) is 108 Å². The number of ether oxygens (including phenoxy) is 2. The third kappa shape index (κ3) is 6.08. The molecule has 3 aromatic heterocycles. The summed E-state index contributed by atoms with van der Waals surface area (Å²) in [4.78, 5) is 0. The van der Waals surface area contributed by atoms with Gasteiger partial charge in [0.2, 0.25) is 0 Å². The van der Waals surface area contributed by atoms with Crippen LogP contribution in [0.25, 0.3) is 46.1 Å². The lowest BCUT2D eigenvalue weighted by Gasteiger charge is -2.09. The van der Waals surface area contributed by atoms with E-state index in [4.69, 9.17) is 9.47 Å². The monoisotopic (exact) mass is 505 g/mol. The van der Waals surface area contributed by atoms with E-state index in [1.165, 1.54) is 44.1 Å². The Labute approximate surface area is 224 Å². The zero-order valence-electron chi connectivity index (χ0n) is 22.4. The Morgan fingerprint density at radius 1 is 0.605 bits per heavy atom. The lowest BCUT2D eigenvalue weighted by atomic mass is 10.1. The van der Waals surface area contributed by atoms with Crippen LogP contribution in [0.1, 0.15) is 22.3 Å². The van der Waals surface area contributed by atoms with Gasteiger partial charge in [0.05, 0.1) is 19.8 Å². The molecule has 0 amide bonds. The second-order valence-electron chi connectivity index (χ2n) is 9.57. The van der Waals surface area contributed by atoms with Gasteiger partial charge >= 0.3 is 0 Å². The maximum absolute atomic E-state index is 5.81. The zero-order chi connectivity index (χ0) is 26.3. The van der Waals surface area contributed by atoms with Crippen LogP contribution in [-0.4, -0.2) is 31.5 Å². The maximum atomic E-state index is 5.81. The maximum Gasteiger partial charge on any atom is 0.169 e. The highest BCUT2D eigenvalue weighted by atomic mass is 16.5. The van der Waals surface area contributed by atoms with Crippen molar-refractivity contribution < 1.29 is 18.6 Å². The van der Waals surface area contributed by atoms with Crippen molar-refractivity contribution in [2.24, 2.45) is 14.1 Å². The van der Waals surface area contributed by atoms with Gasteiger partial charge in [0.1, 0.15) is 14.1 Å². The van der Waals surface area contributed by atoms with Crippen molar-refractivity contribution >= 4 is 46.1 Å². The quantitative estimate of drug-likeness (QED) is 0.187. The third-order valence-electron chi connectivity index (χ3n) is 6.75. The number of aryl methyl sites for hydroxylation is 2. The first kappa shape index (κ1) is 25.6. The highest BCUT2D eigenvalue weighted by Gasteiger charge is 2.11. The van der Waals surface area contributed by atoms with E-state index >= 15 is 0 Å². The molecule has 5 rings (SSSR count). The molecule has 0 saturated carbocycles. The van der Waals surface area contributed by atoms with Crippen LogP contribution >= 0.6 is 0 Å². The molecule has 5 nitrogen and oxygen atoms in total. The van der Waals surface area contributed by atoms with E-state index in [0.717, 1.165) is 6.54 Å². The van der Waals surface area contributed by atoms with Gasteiger partial charge in [-0.25, -0.2) is 9.13 Å². The number of methoxy groups -OCH3 is 1. The van der Waals surface area contributed by atoms with Crippen molar-refractivity contribution in [3.8, 4) is 0 Å². The molecule has 0 aliphatic heterocycles. The second-order valence-corrected chi connectivity index (χ2v) is 9.57. The van der Waals surface area contributed by atoms with E-state index < -0.39 is 0 Å². The summed E-state index contributed by atoms with van der Waals surface area (Å²) in [7, 11) is 5.76. The summed E-state index contributed by atoms with van der Waals surface area (Å²) >= 11 is 0. The highest BCUT2D eigenvalue weighted by molar-refractivity contribution is 6.09. The molecular formula is C33H35N3O2+2. The molecular weight excluding hydrogens is 470 g/mol. The van der Waals surface area contributed by atoms with Crippen LogP contribution in [0.2, 0.25) is 0 Å². The van der Waals surface area contributed by atoms with Gasteiger partial charge in [0.15, 0.2) is 24.8 Å². The van der Waals surface area contributed by atoms with Gasteiger partial charge in [-0.2, -0.15) is 0 Å². The molecule has 0 bridgehead atoms. The Morgan fingerprint density at radius 3 is 1.55 bits per heavy atom. The molecule has 5 aromatic rings.